The lowest BCUT2D eigenvalue weighted by atomic mass is 9.73. The molecule has 20 heavy (non-hydrogen) atoms. The molecule has 0 fully saturated rings. The Labute approximate surface area is 117 Å². The molecule has 4 heteroatoms. The van der Waals surface area contributed by atoms with E-state index in [-0.39, 0.29) is 11.5 Å². The second-order valence-electron chi connectivity index (χ2n) is 6.43. The highest BCUT2D eigenvalue weighted by Gasteiger charge is 2.32. The zero-order valence-corrected chi connectivity index (χ0v) is 12.0. The number of halogens is 3. The first-order chi connectivity index (χ1) is 9.08. The van der Waals surface area contributed by atoms with Gasteiger partial charge in [0.2, 0.25) is 0 Å². The van der Waals surface area contributed by atoms with Crippen LogP contribution < -0.4 is 5.73 Å². The average molecular weight is 283 g/mol. The van der Waals surface area contributed by atoms with Crippen LogP contribution in [0.25, 0.3) is 5.57 Å². The van der Waals surface area contributed by atoms with Crippen LogP contribution >= 0.6 is 0 Å². The molecular formula is C16H20F3N. The molecule has 1 unspecified atom stereocenters. The Bertz CT molecular complexity index is 541. The summed E-state index contributed by atoms with van der Waals surface area (Å²) in [4.78, 5) is 0. The van der Waals surface area contributed by atoms with Crippen molar-refractivity contribution in [1.82, 2.24) is 0 Å². The van der Waals surface area contributed by atoms with Gasteiger partial charge in [-0.05, 0) is 54.0 Å². The summed E-state index contributed by atoms with van der Waals surface area (Å²) in [5, 5.41) is 0. The molecule has 0 bridgehead atoms. The molecule has 2 rings (SSSR count). The number of nitrogens with two attached hydrogens (primary N) is 1. The number of aryl methyl sites for hydroxylation is 1. The summed E-state index contributed by atoms with van der Waals surface area (Å²) in [5.74, 6) is 0. The second kappa shape index (κ2) is 4.92. The van der Waals surface area contributed by atoms with Crippen molar-refractivity contribution in [1.29, 1.82) is 0 Å². The third-order valence-corrected chi connectivity index (χ3v) is 3.77. The number of hydrogen-bond donors (Lipinski definition) is 1. The van der Waals surface area contributed by atoms with E-state index in [0.29, 0.717) is 5.56 Å². The molecule has 1 aromatic carbocycles. The van der Waals surface area contributed by atoms with Gasteiger partial charge in [-0.3, -0.25) is 0 Å². The quantitative estimate of drug-likeness (QED) is 0.804. The van der Waals surface area contributed by atoms with Crippen LogP contribution in [0, 0.1) is 12.3 Å². The molecule has 0 saturated heterocycles. The molecule has 0 amide bonds. The van der Waals surface area contributed by atoms with E-state index in [4.69, 9.17) is 5.73 Å². The van der Waals surface area contributed by atoms with Crippen LogP contribution in [-0.4, -0.2) is 6.04 Å². The third kappa shape index (κ3) is 3.23. The van der Waals surface area contributed by atoms with Gasteiger partial charge in [-0.2, -0.15) is 13.2 Å². The van der Waals surface area contributed by atoms with E-state index < -0.39 is 11.7 Å². The minimum atomic E-state index is -4.29. The monoisotopic (exact) mass is 283 g/mol. The lowest BCUT2D eigenvalue weighted by Gasteiger charge is -2.33. The summed E-state index contributed by atoms with van der Waals surface area (Å²) in [6, 6.07) is 3.90. The Kier molecular flexibility index (Phi) is 3.71. The first-order valence-corrected chi connectivity index (χ1v) is 6.73. The van der Waals surface area contributed by atoms with Crippen molar-refractivity contribution in [3.05, 3.63) is 41.0 Å². The van der Waals surface area contributed by atoms with E-state index in [0.717, 1.165) is 30.0 Å². The molecule has 0 aliphatic heterocycles. The molecule has 0 heterocycles. The van der Waals surface area contributed by atoms with Gasteiger partial charge >= 0.3 is 6.18 Å². The molecule has 110 valence electrons. The van der Waals surface area contributed by atoms with Gasteiger partial charge < -0.3 is 5.73 Å². The van der Waals surface area contributed by atoms with Gasteiger partial charge in [-0.25, -0.2) is 0 Å². The molecule has 1 atom stereocenters. The molecular weight excluding hydrogens is 263 g/mol. The molecule has 0 radical (unpaired) electrons. The van der Waals surface area contributed by atoms with Crippen molar-refractivity contribution in [3.63, 3.8) is 0 Å². The zero-order valence-electron chi connectivity index (χ0n) is 12.0. The lowest BCUT2D eigenvalue weighted by Crippen LogP contribution is -2.30. The predicted molar refractivity (Wildman–Crippen MR) is 75.1 cm³/mol. The normalized spacial score (nSPS) is 22.6. The minimum absolute atomic E-state index is 0.0320. The first-order valence-electron chi connectivity index (χ1n) is 6.73. The number of alkyl halides is 3. The van der Waals surface area contributed by atoms with Crippen molar-refractivity contribution in [3.8, 4) is 0 Å². The molecule has 0 spiro atoms. The maximum absolute atomic E-state index is 12.7. The van der Waals surface area contributed by atoms with Gasteiger partial charge in [0.15, 0.2) is 0 Å². The van der Waals surface area contributed by atoms with Crippen LogP contribution in [0.3, 0.4) is 0 Å². The average Bonchev–Trinajstić information content (AvgIpc) is 2.24. The Balaban J connectivity index is 2.39. The van der Waals surface area contributed by atoms with Crippen LogP contribution in [0.2, 0.25) is 0 Å². The largest absolute Gasteiger partial charge is 0.416 e. The molecule has 0 saturated carbocycles. The summed E-state index contributed by atoms with van der Waals surface area (Å²) < 4.78 is 38.1. The highest BCUT2D eigenvalue weighted by Crippen LogP contribution is 2.40. The van der Waals surface area contributed by atoms with Crippen molar-refractivity contribution >= 4 is 5.57 Å². The van der Waals surface area contributed by atoms with Crippen molar-refractivity contribution < 1.29 is 13.2 Å². The fourth-order valence-corrected chi connectivity index (χ4v) is 2.99. The van der Waals surface area contributed by atoms with Gasteiger partial charge in [0.05, 0.1) is 5.56 Å². The maximum Gasteiger partial charge on any atom is 0.416 e. The Morgan fingerprint density at radius 2 is 1.90 bits per heavy atom. The smallest absolute Gasteiger partial charge is 0.324 e. The van der Waals surface area contributed by atoms with Crippen LogP contribution in [0.4, 0.5) is 13.2 Å². The van der Waals surface area contributed by atoms with Crippen LogP contribution in [0.1, 0.15) is 43.4 Å². The minimum Gasteiger partial charge on any atom is -0.324 e. The highest BCUT2D eigenvalue weighted by atomic mass is 19.4. The molecule has 1 aromatic rings. The number of benzene rings is 1. The number of rotatable bonds is 1. The van der Waals surface area contributed by atoms with Crippen LogP contribution in [0.15, 0.2) is 24.3 Å². The van der Waals surface area contributed by atoms with Crippen LogP contribution in [-0.2, 0) is 6.18 Å². The summed E-state index contributed by atoms with van der Waals surface area (Å²) in [6.45, 7) is 6.00. The SMILES string of the molecule is Cc1cc(C(F)(F)F)ccc1C1=CC(N)CC(C)(C)C1. The standard InChI is InChI=1S/C16H20F3N/c1-10-6-12(16(17,18)19)4-5-14(10)11-7-13(20)9-15(2,3)8-11/h4-7,13H,8-9,20H2,1-3H3. The summed E-state index contributed by atoms with van der Waals surface area (Å²) in [5.41, 5.74) is 8.10. The number of hydrogen-bond acceptors (Lipinski definition) is 1. The highest BCUT2D eigenvalue weighted by molar-refractivity contribution is 5.70. The van der Waals surface area contributed by atoms with E-state index in [9.17, 15) is 13.2 Å². The Hall–Kier alpha value is -1.29. The van der Waals surface area contributed by atoms with Crippen molar-refractivity contribution in [2.24, 2.45) is 11.1 Å². The van der Waals surface area contributed by atoms with Gasteiger partial charge in [0, 0.05) is 6.04 Å². The molecule has 0 aromatic heterocycles. The van der Waals surface area contributed by atoms with Gasteiger partial charge in [-0.1, -0.05) is 26.0 Å². The fourth-order valence-electron chi connectivity index (χ4n) is 2.99. The topological polar surface area (TPSA) is 26.0 Å². The van der Waals surface area contributed by atoms with Crippen LogP contribution in [0.5, 0.6) is 0 Å². The summed E-state index contributed by atoms with van der Waals surface area (Å²) in [6.07, 6.45) is -0.566. The van der Waals surface area contributed by atoms with E-state index in [2.05, 4.69) is 13.8 Å². The van der Waals surface area contributed by atoms with E-state index >= 15 is 0 Å². The van der Waals surface area contributed by atoms with Crippen molar-refractivity contribution in [2.45, 2.75) is 45.8 Å². The van der Waals surface area contributed by atoms with Gasteiger partial charge in [0.1, 0.15) is 0 Å². The molecule has 1 nitrogen and oxygen atoms in total. The van der Waals surface area contributed by atoms with Gasteiger partial charge in [0.25, 0.3) is 0 Å². The maximum atomic E-state index is 12.7. The lowest BCUT2D eigenvalue weighted by molar-refractivity contribution is -0.137. The Morgan fingerprint density at radius 3 is 2.40 bits per heavy atom. The zero-order chi connectivity index (χ0) is 15.1. The predicted octanol–water partition coefficient (Wildman–Crippen LogP) is 4.54. The fraction of sp³-hybridized carbons (Fsp3) is 0.500. The van der Waals surface area contributed by atoms with E-state index in [1.165, 1.54) is 6.07 Å². The molecule has 1 aliphatic carbocycles. The van der Waals surface area contributed by atoms with Gasteiger partial charge in [-0.15, -0.1) is 0 Å². The van der Waals surface area contributed by atoms with Crippen molar-refractivity contribution in [2.75, 3.05) is 0 Å². The second-order valence-corrected chi connectivity index (χ2v) is 6.43. The Morgan fingerprint density at radius 1 is 1.25 bits per heavy atom. The third-order valence-electron chi connectivity index (χ3n) is 3.77. The molecule has 2 N–H and O–H groups in total. The first kappa shape index (κ1) is 15.1. The summed E-state index contributed by atoms with van der Waals surface area (Å²) >= 11 is 0. The number of allylic oxidation sites excluding steroid dienone is 1. The molecule has 1 aliphatic rings. The van der Waals surface area contributed by atoms with E-state index in [1.807, 2.05) is 6.08 Å². The van der Waals surface area contributed by atoms with E-state index in [1.54, 1.807) is 13.0 Å². The summed E-state index contributed by atoms with van der Waals surface area (Å²) in [7, 11) is 0.